The molecular formula is C29H25N7S2. The highest BCUT2D eigenvalue weighted by atomic mass is 32.1. The summed E-state index contributed by atoms with van der Waals surface area (Å²) < 4.78 is 1.19. The van der Waals surface area contributed by atoms with Crippen molar-refractivity contribution in [2.75, 3.05) is 43.4 Å². The van der Waals surface area contributed by atoms with Gasteiger partial charge in [0.15, 0.2) is 0 Å². The van der Waals surface area contributed by atoms with Gasteiger partial charge in [-0.15, -0.1) is 21.5 Å². The van der Waals surface area contributed by atoms with E-state index in [-0.39, 0.29) is 0 Å². The van der Waals surface area contributed by atoms with Crippen molar-refractivity contribution in [3.63, 3.8) is 0 Å². The summed E-state index contributed by atoms with van der Waals surface area (Å²) in [7, 11) is 2.16. The van der Waals surface area contributed by atoms with Crippen LogP contribution in [0.25, 0.3) is 42.8 Å². The third-order valence-electron chi connectivity index (χ3n) is 7.01. The van der Waals surface area contributed by atoms with E-state index in [1.807, 2.05) is 17.8 Å². The molecule has 1 fully saturated rings. The number of aromatic nitrogens is 4. The summed E-state index contributed by atoms with van der Waals surface area (Å²) in [5.74, 6) is 0. The molecule has 1 aliphatic rings. The number of benzene rings is 3. The molecule has 3 aromatic heterocycles. The van der Waals surface area contributed by atoms with E-state index in [2.05, 4.69) is 103 Å². The predicted octanol–water partition coefficient (Wildman–Crippen LogP) is 6.53. The van der Waals surface area contributed by atoms with Crippen LogP contribution in [-0.2, 0) is 0 Å². The Morgan fingerprint density at radius 2 is 1.58 bits per heavy atom. The summed E-state index contributed by atoms with van der Waals surface area (Å²) in [5, 5.41) is 15.5. The van der Waals surface area contributed by atoms with Crippen LogP contribution in [0.1, 0.15) is 0 Å². The Hall–Kier alpha value is -3.92. The zero-order chi connectivity index (χ0) is 25.5. The fourth-order valence-corrected chi connectivity index (χ4v) is 6.35. The second kappa shape index (κ2) is 9.75. The van der Waals surface area contributed by atoms with Gasteiger partial charge in [0, 0.05) is 54.7 Å². The molecule has 38 heavy (non-hydrogen) atoms. The van der Waals surface area contributed by atoms with E-state index in [9.17, 15) is 0 Å². The quantitative estimate of drug-likeness (QED) is 0.269. The summed E-state index contributed by atoms with van der Waals surface area (Å²) in [6, 6.07) is 23.3. The van der Waals surface area contributed by atoms with Crippen molar-refractivity contribution in [3.05, 3.63) is 78.4 Å². The zero-order valence-corrected chi connectivity index (χ0v) is 22.5. The first-order valence-corrected chi connectivity index (χ1v) is 14.3. The average molecular weight is 536 g/mol. The van der Waals surface area contributed by atoms with Gasteiger partial charge in [0.1, 0.15) is 5.01 Å². The molecular weight excluding hydrogens is 511 g/mol. The lowest BCUT2D eigenvalue weighted by Gasteiger charge is -2.31. The molecule has 0 atom stereocenters. The molecule has 0 radical (unpaired) electrons. The molecule has 7 nitrogen and oxygen atoms in total. The molecule has 1 aliphatic heterocycles. The maximum absolute atomic E-state index is 4.65. The molecule has 4 heterocycles. The number of thiazole rings is 1. The van der Waals surface area contributed by atoms with E-state index in [4.69, 9.17) is 0 Å². The summed E-state index contributed by atoms with van der Waals surface area (Å²) in [4.78, 5) is 13.8. The van der Waals surface area contributed by atoms with Crippen LogP contribution in [0.5, 0.6) is 0 Å². The molecule has 0 bridgehead atoms. The van der Waals surface area contributed by atoms with Crippen LogP contribution in [0.2, 0.25) is 0 Å². The Bertz CT molecular complexity index is 1730. The third-order valence-corrected chi connectivity index (χ3v) is 8.85. The van der Waals surface area contributed by atoms with Gasteiger partial charge in [-0.2, -0.15) is 0 Å². The van der Waals surface area contributed by atoms with E-state index < -0.39 is 0 Å². The van der Waals surface area contributed by atoms with Gasteiger partial charge >= 0.3 is 0 Å². The first-order valence-electron chi connectivity index (χ1n) is 12.6. The van der Waals surface area contributed by atoms with Crippen molar-refractivity contribution in [1.82, 2.24) is 25.1 Å². The van der Waals surface area contributed by atoms with Gasteiger partial charge in [0.25, 0.3) is 0 Å². The van der Waals surface area contributed by atoms with Gasteiger partial charge < -0.3 is 15.1 Å². The van der Waals surface area contributed by atoms with Gasteiger partial charge in [-0.25, -0.2) is 4.98 Å². The minimum atomic E-state index is 0.951. The number of anilines is 3. The van der Waals surface area contributed by atoms with Gasteiger partial charge in [-0.1, -0.05) is 47.7 Å². The maximum Gasteiger partial charge on any atom is 0.208 e. The molecule has 1 N–H and O–H groups in total. The maximum atomic E-state index is 4.65. The van der Waals surface area contributed by atoms with Crippen LogP contribution in [0, 0.1) is 0 Å². The van der Waals surface area contributed by atoms with Crippen LogP contribution >= 0.6 is 22.7 Å². The highest BCUT2D eigenvalue weighted by Crippen LogP contribution is 2.33. The van der Waals surface area contributed by atoms with Crippen molar-refractivity contribution in [3.8, 4) is 21.7 Å². The number of nitrogens with one attached hydrogen (secondary N) is 1. The Kier molecular flexibility index (Phi) is 5.96. The van der Waals surface area contributed by atoms with Crippen molar-refractivity contribution in [2.45, 2.75) is 0 Å². The molecule has 9 heteroatoms. The normalized spacial score (nSPS) is 14.4. The molecule has 0 aliphatic carbocycles. The van der Waals surface area contributed by atoms with Crippen LogP contribution in [0.4, 0.5) is 16.5 Å². The van der Waals surface area contributed by atoms with Gasteiger partial charge in [-0.3, -0.25) is 4.98 Å². The fraction of sp³-hybridized carbons (Fsp3) is 0.172. The molecule has 7 rings (SSSR count). The lowest BCUT2D eigenvalue weighted by molar-refractivity contribution is 0.312. The SMILES string of the molecule is CN1CCN(c2nnc(-c3ccc(-c4ccc5c(Nc6ccc7scnc7c6)ccnc5c4)cc3)s2)CC1. The topological polar surface area (TPSA) is 70.1 Å². The van der Waals surface area contributed by atoms with Crippen LogP contribution < -0.4 is 10.2 Å². The zero-order valence-electron chi connectivity index (χ0n) is 20.8. The van der Waals surface area contributed by atoms with E-state index in [1.54, 1.807) is 22.7 Å². The Morgan fingerprint density at radius 1 is 0.763 bits per heavy atom. The third kappa shape index (κ3) is 4.49. The van der Waals surface area contributed by atoms with Crippen molar-refractivity contribution in [2.24, 2.45) is 0 Å². The number of pyridine rings is 1. The second-order valence-electron chi connectivity index (χ2n) is 9.51. The number of hydrogen-bond acceptors (Lipinski definition) is 9. The summed E-state index contributed by atoms with van der Waals surface area (Å²) in [5.41, 5.74) is 9.25. The van der Waals surface area contributed by atoms with Crippen molar-refractivity contribution < 1.29 is 0 Å². The van der Waals surface area contributed by atoms with E-state index in [0.717, 1.165) is 80.8 Å². The standard InChI is InChI=1S/C29H25N7S2/c1-35-12-14-36(15-13-35)29-34-33-28(38-29)20-4-2-19(3-5-20)21-6-8-23-24(10-11-30-25(23)16-21)32-22-7-9-27-26(17-22)31-18-37-27/h2-11,16-18H,12-15H2,1H3,(H,30,32). The Balaban J connectivity index is 1.11. The van der Waals surface area contributed by atoms with Crippen molar-refractivity contribution in [1.29, 1.82) is 0 Å². The lowest BCUT2D eigenvalue weighted by Crippen LogP contribution is -2.44. The molecule has 3 aromatic carbocycles. The molecule has 6 aromatic rings. The van der Waals surface area contributed by atoms with Gasteiger partial charge in [0.05, 0.1) is 21.2 Å². The first kappa shape index (κ1) is 23.2. The monoisotopic (exact) mass is 535 g/mol. The molecule has 188 valence electrons. The second-order valence-corrected chi connectivity index (χ2v) is 11.4. The summed E-state index contributed by atoms with van der Waals surface area (Å²) in [6.07, 6.45) is 1.85. The number of hydrogen-bond donors (Lipinski definition) is 1. The average Bonchev–Trinajstić information content (AvgIpc) is 3.64. The van der Waals surface area contributed by atoms with Crippen LogP contribution in [0.15, 0.2) is 78.4 Å². The summed E-state index contributed by atoms with van der Waals surface area (Å²) >= 11 is 3.32. The highest BCUT2D eigenvalue weighted by molar-refractivity contribution is 7.18. The van der Waals surface area contributed by atoms with Gasteiger partial charge in [0.2, 0.25) is 5.13 Å². The molecule has 0 spiro atoms. The van der Waals surface area contributed by atoms with Gasteiger partial charge in [-0.05, 0) is 48.5 Å². The lowest BCUT2D eigenvalue weighted by atomic mass is 10.0. The minimum Gasteiger partial charge on any atom is -0.355 e. The molecule has 1 saturated heterocycles. The van der Waals surface area contributed by atoms with Crippen LogP contribution in [-0.4, -0.2) is 58.3 Å². The van der Waals surface area contributed by atoms with E-state index in [1.165, 1.54) is 4.70 Å². The van der Waals surface area contributed by atoms with E-state index >= 15 is 0 Å². The molecule has 0 amide bonds. The predicted molar refractivity (Wildman–Crippen MR) is 159 cm³/mol. The summed E-state index contributed by atoms with van der Waals surface area (Å²) in [6.45, 7) is 4.12. The first-order chi connectivity index (χ1) is 18.7. The minimum absolute atomic E-state index is 0.951. The molecule has 0 saturated carbocycles. The van der Waals surface area contributed by atoms with Crippen LogP contribution in [0.3, 0.4) is 0 Å². The highest BCUT2D eigenvalue weighted by Gasteiger charge is 2.18. The number of likely N-dealkylation sites (N-methyl/N-ethyl adjacent to an activating group) is 1. The fourth-order valence-electron chi connectivity index (χ4n) is 4.79. The molecule has 0 unspecified atom stereocenters. The number of rotatable bonds is 5. The smallest absolute Gasteiger partial charge is 0.208 e. The largest absolute Gasteiger partial charge is 0.355 e. The van der Waals surface area contributed by atoms with E-state index in [0.29, 0.717) is 0 Å². The Morgan fingerprint density at radius 3 is 2.45 bits per heavy atom. The van der Waals surface area contributed by atoms with Crippen molar-refractivity contribution >= 4 is 60.3 Å². The number of piperazine rings is 1. The number of fused-ring (bicyclic) bond motifs is 2. The Labute approximate surface area is 228 Å². The number of nitrogens with zero attached hydrogens (tertiary/aromatic N) is 6.